The molecule has 0 spiro atoms. The molecule has 0 bridgehead atoms. The third-order valence-electron chi connectivity index (χ3n) is 2.33. The van der Waals surface area contributed by atoms with Crippen molar-refractivity contribution >= 4 is 0 Å². The molecule has 0 aliphatic rings. The van der Waals surface area contributed by atoms with Crippen LogP contribution in [0.15, 0.2) is 36.9 Å². The summed E-state index contributed by atoms with van der Waals surface area (Å²) in [6.07, 6.45) is 2.84. The van der Waals surface area contributed by atoms with Gasteiger partial charge in [-0.05, 0) is 12.1 Å². The van der Waals surface area contributed by atoms with Gasteiger partial charge in [0.1, 0.15) is 5.75 Å². The molecule has 0 saturated carbocycles. The molecule has 0 radical (unpaired) electrons. The smallest absolute Gasteiger partial charge is 0.656 e. The van der Waals surface area contributed by atoms with Gasteiger partial charge in [0, 0.05) is 0 Å². The normalized spacial score (nSPS) is 11.4. The van der Waals surface area contributed by atoms with Crippen LogP contribution in [0, 0.1) is 0 Å². The van der Waals surface area contributed by atoms with Gasteiger partial charge < -0.3 is 10.1 Å². The van der Waals surface area contributed by atoms with Crippen LogP contribution >= 0.6 is 0 Å². The molecule has 1 rings (SSSR count). The summed E-state index contributed by atoms with van der Waals surface area (Å²) in [5.74, 6) is 0.886. The van der Waals surface area contributed by atoms with Gasteiger partial charge in [0.15, 0.2) is 0 Å². The second kappa shape index (κ2) is 8.47. The molecule has 0 aliphatic heterocycles. The summed E-state index contributed by atoms with van der Waals surface area (Å²) in [4.78, 5) is 0. The van der Waals surface area contributed by atoms with Crippen LogP contribution in [0.25, 0.3) is 5.32 Å². The first-order valence-electron chi connectivity index (χ1n) is 5.19. The zero-order valence-electron chi connectivity index (χ0n) is 10.4. The van der Waals surface area contributed by atoms with Crippen molar-refractivity contribution < 1.29 is 23.6 Å². The van der Waals surface area contributed by atoms with Gasteiger partial charge in [-0.2, -0.15) is 0 Å². The van der Waals surface area contributed by atoms with Gasteiger partial charge in [-0.15, -0.1) is 19.2 Å². The van der Waals surface area contributed by atoms with Crippen molar-refractivity contribution in [1.29, 1.82) is 0 Å². The van der Waals surface area contributed by atoms with Crippen molar-refractivity contribution in [3.05, 3.63) is 47.8 Å². The monoisotopic (exact) mass is 211 g/mol. The van der Waals surface area contributed by atoms with Crippen LogP contribution in [0.4, 0.5) is 0 Å². The van der Waals surface area contributed by atoms with Crippen LogP contribution in [-0.2, 0) is 0 Å². The van der Waals surface area contributed by atoms with Crippen LogP contribution in [0.5, 0.6) is 5.75 Å². The van der Waals surface area contributed by atoms with E-state index < -0.39 is 0 Å². The Morgan fingerprint density at radius 1 is 1.38 bits per heavy atom. The average Bonchev–Trinajstić information content (AvgIpc) is 2.29. The summed E-state index contributed by atoms with van der Waals surface area (Å²) >= 11 is 0. The fraction of sp³-hybridized carbons (Fsp3) is 0.385. The van der Waals surface area contributed by atoms with Gasteiger partial charge in [-0.25, -0.2) is 0 Å². The van der Waals surface area contributed by atoms with E-state index in [0.717, 1.165) is 18.7 Å². The van der Waals surface area contributed by atoms with Gasteiger partial charge in [0.25, 0.3) is 0 Å². The summed E-state index contributed by atoms with van der Waals surface area (Å²) in [5.41, 5.74) is 1.22. The molecule has 0 amide bonds. The number of ether oxygens (including phenoxy) is 1. The predicted octanol–water partition coefficient (Wildman–Crippen LogP) is 0.710. The van der Waals surface area contributed by atoms with E-state index in [-0.39, 0.29) is 24.9 Å². The molecule has 1 aromatic rings. The minimum absolute atomic E-state index is 0. The molecule has 1 atom stereocenters. The number of methoxy groups -OCH3 is 1. The SMILES string of the molecule is C=CCC[N-][C@H](C)c1ccc(OC)cc1.[Li+]. The minimum Gasteiger partial charge on any atom is -0.656 e. The third kappa shape index (κ3) is 4.89. The molecule has 2 nitrogen and oxygen atoms in total. The molecule has 1 aromatic carbocycles. The topological polar surface area (TPSA) is 23.3 Å². The first kappa shape index (κ1) is 15.3. The molecule has 82 valence electrons. The predicted molar refractivity (Wildman–Crippen MR) is 64.4 cm³/mol. The summed E-state index contributed by atoms with van der Waals surface area (Å²) in [6.45, 7) is 6.62. The Kier molecular flexibility index (Phi) is 8.11. The van der Waals surface area contributed by atoms with Crippen molar-refractivity contribution in [2.45, 2.75) is 19.4 Å². The molecule has 16 heavy (non-hydrogen) atoms. The second-order valence-corrected chi connectivity index (χ2v) is 3.43. The molecule has 0 aliphatic carbocycles. The van der Waals surface area contributed by atoms with Gasteiger partial charge in [-0.1, -0.05) is 37.1 Å². The van der Waals surface area contributed by atoms with Crippen molar-refractivity contribution in [1.82, 2.24) is 0 Å². The molecular formula is C13H18LiNO. The largest absolute Gasteiger partial charge is 1.00 e. The maximum atomic E-state index is 5.10. The summed E-state index contributed by atoms with van der Waals surface area (Å²) in [5, 5.41) is 4.53. The molecule has 0 fully saturated rings. The van der Waals surface area contributed by atoms with Gasteiger partial charge in [0.05, 0.1) is 7.11 Å². The summed E-state index contributed by atoms with van der Waals surface area (Å²) in [6, 6.07) is 8.29. The standard InChI is InChI=1S/C13H18NO.Li/c1-4-5-10-14-11(2)12-6-8-13(15-3)9-7-12;/h4,6-9,11H,1,5,10H2,2-3H3;/q-1;+1/t11-;/m1./s1. The van der Waals surface area contributed by atoms with E-state index in [1.54, 1.807) is 7.11 Å². The van der Waals surface area contributed by atoms with Gasteiger partial charge >= 0.3 is 18.9 Å². The van der Waals surface area contributed by atoms with E-state index in [2.05, 4.69) is 31.0 Å². The molecule has 0 N–H and O–H groups in total. The number of benzene rings is 1. The van der Waals surface area contributed by atoms with E-state index in [0.29, 0.717) is 0 Å². The van der Waals surface area contributed by atoms with E-state index >= 15 is 0 Å². The fourth-order valence-corrected chi connectivity index (χ4v) is 1.35. The van der Waals surface area contributed by atoms with Crippen LogP contribution in [0.3, 0.4) is 0 Å². The summed E-state index contributed by atoms with van der Waals surface area (Å²) in [7, 11) is 1.67. The maximum absolute atomic E-state index is 5.10. The van der Waals surface area contributed by atoms with Crippen molar-refractivity contribution in [3.63, 3.8) is 0 Å². The Balaban J connectivity index is 0.00000225. The summed E-state index contributed by atoms with van der Waals surface area (Å²) < 4.78 is 5.10. The van der Waals surface area contributed by atoms with E-state index in [1.165, 1.54) is 5.56 Å². The Morgan fingerprint density at radius 3 is 2.50 bits per heavy atom. The van der Waals surface area contributed by atoms with Crippen LogP contribution in [0.1, 0.15) is 24.9 Å². The molecule has 3 heteroatoms. The van der Waals surface area contributed by atoms with Crippen LogP contribution in [0.2, 0.25) is 0 Å². The molecule has 0 saturated heterocycles. The van der Waals surface area contributed by atoms with E-state index in [1.807, 2.05) is 18.2 Å². The maximum Gasteiger partial charge on any atom is 1.00 e. The van der Waals surface area contributed by atoms with Gasteiger partial charge in [-0.3, -0.25) is 0 Å². The van der Waals surface area contributed by atoms with Crippen molar-refractivity contribution in [3.8, 4) is 5.75 Å². The minimum atomic E-state index is 0. The third-order valence-corrected chi connectivity index (χ3v) is 2.33. The zero-order chi connectivity index (χ0) is 11.1. The van der Waals surface area contributed by atoms with E-state index in [9.17, 15) is 0 Å². The Morgan fingerprint density at radius 2 is 2.00 bits per heavy atom. The Hall–Kier alpha value is -0.683. The van der Waals surface area contributed by atoms with Crippen molar-refractivity contribution in [2.75, 3.05) is 13.7 Å². The molecule has 0 heterocycles. The molecule has 0 unspecified atom stereocenters. The second-order valence-electron chi connectivity index (χ2n) is 3.43. The number of hydrogen-bond acceptors (Lipinski definition) is 1. The molecule has 0 aromatic heterocycles. The molecular weight excluding hydrogens is 193 g/mol. The van der Waals surface area contributed by atoms with Crippen LogP contribution < -0.4 is 23.6 Å². The van der Waals surface area contributed by atoms with Crippen LogP contribution in [-0.4, -0.2) is 13.7 Å². The average molecular weight is 211 g/mol. The fourth-order valence-electron chi connectivity index (χ4n) is 1.35. The number of hydrogen-bond donors (Lipinski definition) is 0. The first-order chi connectivity index (χ1) is 7.27. The number of rotatable bonds is 6. The quantitative estimate of drug-likeness (QED) is 0.386. The van der Waals surface area contributed by atoms with Gasteiger partial charge in [0.2, 0.25) is 0 Å². The Bertz CT molecular complexity index is 297. The zero-order valence-corrected chi connectivity index (χ0v) is 10.4. The van der Waals surface area contributed by atoms with E-state index in [4.69, 9.17) is 4.74 Å². The van der Waals surface area contributed by atoms with Crippen molar-refractivity contribution in [2.24, 2.45) is 0 Å². The Labute approximate surface area is 110 Å². The number of nitrogens with zero attached hydrogens (tertiary/aromatic N) is 1. The first-order valence-corrected chi connectivity index (χ1v) is 5.19.